The van der Waals surface area contributed by atoms with E-state index in [1.54, 1.807) is 0 Å². The fourth-order valence-corrected chi connectivity index (χ4v) is 4.12. The molecular weight excluding hydrogens is 428 g/mol. The highest BCUT2D eigenvalue weighted by atomic mass is 35.5. The van der Waals surface area contributed by atoms with Crippen molar-refractivity contribution in [2.24, 2.45) is 5.92 Å². The molecule has 1 fully saturated rings. The number of ether oxygens (including phenoxy) is 2. The van der Waals surface area contributed by atoms with Gasteiger partial charge in [-0.1, -0.05) is 35.9 Å². The van der Waals surface area contributed by atoms with E-state index in [0.29, 0.717) is 54.0 Å². The molecule has 1 aliphatic heterocycles. The smallest absolute Gasteiger partial charge is 0.253 e. The van der Waals surface area contributed by atoms with E-state index in [0.717, 1.165) is 29.2 Å². The number of carbonyl (C=O) groups is 2. The Balaban J connectivity index is 1.32. The maximum Gasteiger partial charge on any atom is 0.253 e. The SMILES string of the molecule is O=C(NCCc1cc(Cl)c2c(c1)OCCO2)c1cc2ccccc2cc1NC(=O)C1CC1. The summed E-state index contributed by atoms with van der Waals surface area (Å²) in [5, 5.41) is 8.33. The lowest BCUT2D eigenvalue weighted by Gasteiger charge is -2.20. The highest BCUT2D eigenvalue weighted by Gasteiger charge is 2.30. The second-order valence-corrected chi connectivity index (χ2v) is 8.52. The van der Waals surface area contributed by atoms with Crippen molar-refractivity contribution in [3.8, 4) is 11.5 Å². The van der Waals surface area contributed by atoms with E-state index in [1.165, 1.54) is 0 Å². The minimum Gasteiger partial charge on any atom is -0.486 e. The summed E-state index contributed by atoms with van der Waals surface area (Å²) in [5.41, 5.74) is 1.94. The van der Waals surface area contributed by atoms with Crippen molar-refractivity contribution >= 4 is 39.9 Å². The maximum absolute atomic E-state index is 13.0. The average Bonchev–Trinajstić information content (AvgIpc) is 3.64. The molecule has 2 aliphatic rings. The Labute approximate surface area is 190 Å². The molecule has 0 bridgehead atoms. The lowest BCUT2D eigenvalue weighted by molar-refractivity contribution is -0.117. The van der Waals surface area contributed by atoms with Crippen LogP contribution in [0.1, 0.15) is 28.8 Å². The summed E-state index contributed by atoms with van der Waals surface area (Å²) in [6.45, 7) is 1.38. The standard InChI is InChI=1S/C25H23ClN2O4/c26-20-11-15(12-22-23(20)32-10-9-31-22)7-8-27-25(30)19-13-17-3-1-2-4-18(17)14-21(19)28-24(29)16-5-6-16/h1-4,11-14,16H,5-10H2,(H,27,30)(H,28,29). The molecule has 0 radical (unpaired) electrons. The highest BCUT2D eigenvalue weighted by molar-refractivity contribution is 6.32. The Morgan fingerprint density at radius 3 is 2.53 bits per heavy atom. The molecule has 1 heterocycles. The minimum absolute atomic E-state index is 0.0275. The first-order valence-electron chi connectivity index (χ1n) is 10.8. The topological polar surface area (TPSA) is 76.7 Å². The Bertz CT molecular complexity index is 1210. The Hall–Kier alpha value is -3.25. The van der Waals surface area contributed by atoms with Crippen molar-refractivity contribution in [1.29, 1.82) is 0 Å². The molecule has 0 unspecified atom stereocenters. The van der Waals surface area contributed by atoms with E-state index in [1.807, 2.05) is 48.5 Å². The van der Waals surface area contributed by atoms with Crippen LogP contribution in [0.15, 0.2) is 48.5 Å². The number of nitrogens with one attached hydrogen (secondary N) is 2. The average molecular weight is 451 g/mol. The normalized spacial score (nSPS) is 14.8. The van der Waals surface area contributed by atoms with Gasteiger partial charge in [-0.2, -0.15) is 0 Å². The molecule has 32 heavy (non-hydrogen) atoms. The van der Waals surface area contributed by atoms with Gasteiger partial charge in [0.2, 0.25) is 5.91 Å². The third kappa shape index (κ3) is 4.36. The van der Waals surface area contributed by atoms with Crippen LogP contribution in [0.3, 0.4) is 0 Å². The summed E-state index contributed by atoms with van der Waals surface area (Å²) >= 11 is 6.31. The minimum atomic E-state index is -0.231. The van der Waals surface area contributed by atoms with Gasteiger partial charge in [-0.3, -0.25) is 9.59 Å². The molecule has 1 aliphatic carbocycles. The van der Waals surface area contributed by atoms with E-state index in [-0.39, 0.29) is 17.7 Å². The van der Waals surface area contributed by atoms with Gasteiger partial charge in [-0.05, 0) is 59.9 Å². The van der Waals surface area contributed by atoms with Crippen molar-refractivity contribution < 1.29 is 19.1 Å². The summed E-state index contributed by atoms with van der Waals surface area (Å²) < 4.78 is 11.2. The van der Waals surface area contributed by atoms with Gasteiger partial charge in [0.05, 0.1) is 16.3 Å². The van der Waals surface area contributed by atoms with E-state index in [4.69, 9.17) is 21.1 Å². The summed E-state index contributed by atoms with van der Waals surface area (Å²) in [4.78, 5) is 25.4. The molecule has 5 rings (SSSR count). The lowest BCUT2D eigenvalue weighted by atomic mass is 10.0. The fraction of sp³-hybridized carbons (Fsp3) is 0.280. The van der Waals surface area contributed by atoms with Crippen LogP contribution in [0.2, 0.25) is 5.02 Å². The van der Waals surface area contributed by atoms with Crippen LogP contribution in [0.25, 0.3) is 10.8 Å². The molecule has 3 aromatic rings. The summed E-state index contributed by atoms with van der Waals surface area (Å²) in [7, 11) is 0. The molecule has 0 atom stereocenters. The zero-order chi connectivity index (χ0) is 22.1. The molecule has 0 aromatic heterocycles. The largest absolute Gasteiger partial charge is 0.486 e. The zero-order valence-electron chi connectivity index (χ0n) is 17.4. The fourth-order valence-electron chi connectivity index (χ4n) is 3.84. The Morgan fingerprint density at radius 2 is 1.75 bits per heavy atom. The number of fused-ring (bicyclic) bond motifs is 2. The van der Waals surface area contributed by atoms with Crippen LogP contribution in [0, 0.1) is 5.92 Å². The number of rotatable bonds is 6. The molecule has 6 nitrogen and oxygen atoms in total. The molecule has 3 aromatic carbocycles. The van der Waals surface area contributed by atoms with Gasteiger partial charge in [0.1, 0.15) is 13.2 Å². The zero-order valence-corrected chi connectivity index (χ0v) is 18.2. The lowest BCUT2D eigenvalue weighted by Crippen LogP contribution is -2.27. The highest BCUT2D eigenvalue weighted by Crippen LogP contribution is 2.38. The van der Waals surface area contributed by atoms with Gasteiger partial charge < -0.3 is 20.1 Å². The summed E-state index contributed by atoms with van der Waals surface area (Å²) in [6.07, 6.45) is 2.39. The maximum atomic E-state index is 13.0. The number of halogens is 1. The number of amides is 2. The molecule has 164 valence electrons. The third-order valence-electron chi connectivity index (χ3n) is 5.69. The monoisotopic (exact) mass is 450 g/mol. The second-order valence-electron chi connectivity index (χ2n) is 8.12. The van der Waals surface area contributed by atoms with Gasteiger partial charge in [0, 0.05) is 12.5 Å². The summed E-state index contributed by atoms with van der Waals surface area (Å²) in [6, 6.07) is 15.2. The summed E-state index contributed by atoms with van der Waals surface area (Å²) in [5.74, 6) is 0.991. The predicted octanol–water partition coefficient (Wildman–Crippen LogP) is 4.59. The third-order valence-corrected chi connectivity index (χ3v) is 5.97. The van der Waals surface area contributed by atoms with Crippen LogP contribution in [0.4, 0.5) is 5.69 Å². The molecule has 0 spiro atoms. The Kier molecular flexibility index (Phi) is 5.62. The van der Waals surface area contributed by atoms with Gasteiger partial charge in [-0.15, -0.1) is 0 Å². The number of hydrogen-bond acceptors (Lipinski definition) is 4. The van der Waals surface area contributed by atoms with Gasteiger partial charge in [0.25, 0.3) is 5.91 Å². The van der Waals surface area contributed by atoms with Crippen molar-refractivity contribution in [2.45, 2.75) is 19.3 Å². The van der Waals surface area contributed by atoms with Crippen LogP contribution < -0.4 is 20.1 Å². The Morgan fingerprint density at radius 1 is 1.00 bits per heavy atom. The van der Waals surface area contributed by atoms with Crippen LogP contribution in [-0.4, -0.2) is 31.6 Å². The van der Waals surface area contributed by atoms with Gasteiger partial charge in [-0.25, -0.2) is 0 Å². The first-order valence-corrected chi connectivity index (χ1v) is 11.2. The molecule has 1 saturated carbocycles. The predicted molar refractivity (Wildman–Crippen MR) is 124 cm³/mol. The number of hydrogen-bond donors (Lipinski definition) is 2. The molecule has 7 heteroatoms. The van der Waals surface area contributed by atoms with E-state index in [2.05, 4.69) is 10.6 Å². The quantitative estimate of drug-likeness (QED) is 0.576. The molecule has 2 N–H and O–H groups in total. The first-order chi connectivity index (χ1) is 15.6. The van der Waals surface area contributed by atoms with Gasteiger partial charge >= 0.3 is 0 Å². The van der Waals surface area contributed by atoms with Crippen LogP contribution in [-0.2, 0) is 11.2 Å². The van der Waals surface area contributed by atoms with Crippen LogP contribution in [0.5, 0.6) is 11.5 Å². The van der Waals surface area contributed by atoms with E-state index < -0.39 is 0 Å². The van der Waals surface area contributed by atoms with Crippen molar-refractivity contribution in [1.82, 2.24) is 5.32 Å². The molecular formula is C25H23ClN2O4. The molecule has 2 amide bonds. The number of carbonyl (C=O) groups excluding carboxylic acids is 2. The first kappa shape index (κ1) is 20.6. The van der Waals surface area contributed by atoms with Crippen molar-refractivity contribution in [3.05, 3.63) is 64.7 Å². The van der Waals surface area contributed by atoms with Crippen molar-refractivity contribution in [2.75, 3.05) is 25.1 Å². The second kappa shape index (κ2) is 8.71. The van der Waals surface area contributed by atoms with Crippen LogP contribution >= 0.6 is 11.6 Å². The molecule has 0 saturated heterocycles. The van der Waals surface area contributed by atoms with Gasteiger partial charge in [0.15, 0.2) is 11.5 Å². The van der Waals surface area contributed by atoms with Crippen molar-refractivity contribution in [3.63, 3.8) is 0 Å². The number of benzene rings is 3. The van der Waals surface area contributed by atoms with E-state index in [9.17, 15) is 9.59 Å². The van der Waals surface area contributed by atoms with E-state index >= 15 is 0 Å². The number of anilines is 1.